The fourth-order valence-electron chi connectivity index (χ4n) is 1.54. The van der Waals surface area contributed by atoms with Gasteiger partial charge in [0.15, 0.2) is 0 Å². The van der Waals surface area contributed by atoms with E-state index in [9.17, 15) is 28.2 Å². The second-order valence-corrected chi connectivity index (χ2v) is 6.12. The summed E-state index contributed by atoms with van der Waals surface area (Å²) in [5.41, 5.74) is 4.93. The zero-order chi connectivity index (χ0) is 17.1. The molecule has 13 heteroatoms. The number of halogens is 1. The normalized spacial score (nSPS) is 11.6. The molecule has 0 heterocycles. The Balaban J connectivity index is 0. The molecule has 3 N–H and O–H groups in total. The van der Waals surface area contributed by atoms with Gasteiger partial charge in [-0.15, -0.1) is 0 Å². The summed E-state index contributed by atoms with van der Waals surface area (Å²) in [6.45, 7) is 1.44. The Kier molecular flexibility index (Phi) is 12.0. The van der Waals surface area contributed by atoms with Gasteiger partial charge in [-0.25, -0.2) is 5.43 Å². The van der Waals surface area contributed by atoms with Gasteiger partial charge in [0.25, 0.3) is 10.1 Å². The molecule has 1 aromatic rings. The largest absolute Gasteiger partial charge is 1.00 e. The van der Waals surface area contributed by atoms with Gasteiger partial charge in [0.05, 0.1) is 27.6 Å². The number of hydrogen-bond donors (Lipinski definition) is 3. The maximum absolute atomic E-state index is 11.0. The number of hydrogen-bond acceptors (Lipinski definition) is 8. The molecule has 0 aromatic heterocycles. The van der Waals surface area contributed by atoms with Gasteiger partial charge in [-0.1, -0.05) is 11.6 Å². The van der Waals surface area contributed by atoms with Gasteiger partial charge in [0, 0.05) is 12.4 Å². The third kappa shape index (κ3) is 8.00. The van der Waals surface area contributed by atoms with Gasteiger partial charge in [0.2, 0.25) is 0 Å². The van der Waals surface area contributed by atoms with E-state index in [0.717, 1.165) is 12.1 Å². The fourth-order valence-corrected chi connectivity index (χ4v) is 2.51. The van der Waals surface area contributed by atoms with E-state index in [1.165, 1.54) is 6.92 Å². The molecule has 0 radical (unpaired) electrons. The number of hydrazine groups is 1. The van der Waals surface area contributed by atoms with Crippen molar-refractivity contribution in [2.75, 3.05) is 5.43 Å². The Morgan fingerprint density at radius 3 is 2.21 bits per heavy atom. The molecule has 1 aromatic carbocycles. The minimum atomic E-state index is -4.45. The van der Waals surface area contributed by atoms with E-state index in [4.69, 9.17) is 16.2 Å². The van der Waals surface area contributed by atoms with E-state index in [-0.39, 0.29) is 75.4 Å². The third-order valence-corrected chi connectivity index (χ3v) is 3.71. The van der Waals surface area contributed by atoms with Crippen LogP contribution >= 0.6 is 11.6 Å². The number of carboxylic acids is 2. The van der Waals surface area contributed by atoms with Crippen LogP contribution in [0.4, 0.5) is 5.69 Å². The number of benzene rings is 1. The van der Waals surface area contributed by atoms with Crippen molar-refractivity contribution in [1.82, 2.24) is 5.43 Å². The number of aliphatic carboxylic acids is 2. The number of rotatable bonds is 7. The molecule has 1 rings (SSSR count). The number of anilines is 1. The van der Waals surface area contributed by atoms with Crippen LogP contribution in [0.5, 0.6) is 0 Å². The van der Waals surface area contributed by atoms with E-state index >= 15 is 0 Å². The van der Waals surface area contributed by atoms with Crippen LogP contribution in [0.3, 0.4) is 0 Å². The van der Waals surface area contributed by atoms with Crippen LogP contribution in [0.2, 0.25) is 5.02 Å². The molecule has 24 heavy (non-hydrogen) atoms. The van der Waals surface area contributed by atoms with Gasteiger partial charge in [-0.05, 0) is 24.6 Å². The topological polar surface area (TPSA) is 159 Å². The summed E-state index contributed by atoms with van der Waals surface area (Å²) in [6.07, 6.45) is -0.852. The summed E-state index contributed by atoms with van der Waals surface area (Å²) in [6, 6.07) is 0.445. The first kappa shape index (κ1) is 26.4. The molecule has 0 amide bonds. The minimum Gasteiger partial charge on any atom is -0.550 e. The Morgan fingerprint density at radius 1 is 1.29 bits per heavy atom. The van der Waals surface area contributed by atoms with Gasteiger partial charge in [-0.3, -0.25) is 4.55 Å². The van der Waals surface area contributed by atoms with Crippen molar-refractivity contribution in [3.8, 4) is 0 Å². The first-order valence-electron chi connectivity index (χ1n) is 5.72. The summed E-state index contributed by atoms with van der Waals surface area (Å²) in [7, 11) is -4.45. The summed E-state index contributed by atoms with van der Waals surface area (Å²) in [5.74, 6) is -3.28. The quantitative estimate of drug-likeness (QED) is 0.231. The van der Waals surface area contributed by atoms with Gasteiger partial charge in [0.1, 0.15) is 0 Å². The molecule has 0 fully saturated rings. The predicted octanol–water partition coefficient (Wildman–Crippen LogP) is -7.92. The molecule has 0 aliphatic rings. The second-order valence-electron chi connectivity index (χ2n) is 4.29. The molecule has 122 valence electrons. The number of carboxylic acid groups (broad SMARTS) is 2. The summed E-state index contributed by atoms with van der Waals surface area (Å²) < 4.78 is 31.0. The van der Waals surface area contributed by atoms with Crippen LogP contribution in [0.15, 0.2) is 17.0 Å². The van der Waals surface area contributed by atoms with E-state index in [0.29, 0.717) is 0 Å². The fraction of sp³-hybridized carbons (Fsp3) is 0.273. The number of carbonyl (C=O) groups is 2. The molecule has 0 spiro atoms. The Hall–Kier alpha value is 0.120. The van der Waals surface area contributed by atoms with Crippen molar-refractivity contribution in [1.29, 1.82) is 0 Å². The molecule has 0 aliphatic heterocycles. The molecule has 0 saturated heterocycles. The van der Waals surface area contributed by atoms with Crippen LogP contribution in [0.1, 0.15) is 12.0 Å². The minimum absolute atomic E-state index is 0. The monoisotopic (exact) mass is 396 g/mol. The molecular formula is C11H11ClN2Na2O7S. The molecule has 0 aliphatic carbocycles. The maximum atomic E-state index is 11.0. The molecule has 9 nitrogen and oxygen atoms in total. The zero-order valence-electron chi connectivity index (χ0n) is 13.1. The molecular weight excluding hydrogens is 386 g/mol. The molecule has 0 saturated carbocycles. The van der Waals surface area contributed by atoms with Gasteiger partial charge < -0.3 is 25.2 Å². The van der Waals surface area contributed by atoms with E-state index in [1.807, 2.05) is 0 Å². The van der Waals surface area contributed by atoms with E-state index in [1.54, 1.807) is 0 Å². The Morgan fingerprint density at radius 2 is 1.83 bits per heavy atom. The van der Waals surface area contributed by atoms with Crippen LogP contribution < -0.4 is 80.2 Å². The van der Waals surface area contributed by atoms with Crippen LogP contribution in [0.25, 0.3) is 0 Å². The van der Waals surface area contributed by atoms with Crippen LogP contribution in [-0.4, -0.2) is 31.0 Å². The molecule has 0 bridgehead atoms. The summed E-state index contributed by atoms with van der Waals surface area (Å²) in [4.78, 5) is 20.7. The average molecular weight is 397 g/mol. The molecule has 1 atom stereocenters. The smallest absolute Gasteiger partial charge is 0.550 e. The van der Waals surface area contributed by atoms with Crippen LogP contribution in [0, 0.1) is 6.92 Å². The first-order chi connectivity index (χ1) is 10.0. The van der Waals surface area contributed by atoms with Crippen molar-refractivity contribution in [2.45, 2.75) is 24.3 Å². The van der Waals surface area contributed by atoms with Gasteiger partial charge in [-0.2, -0.15) is 8.42 Å². The van der Waals surface area contributed by atoms with Crippen molar-refractivity contribution in [2.24, 2.45) is 0 Å². The first-order valence-corrected chi connectivity index (χ1v) is 7.54. The van der Waals surface area contributed by atoms with Crippen molar-refractivity contribution in [3.05, 3.63) is 22.7 Å². The predicted molar refractivity (Wildman–Crippen MR) is 71.2 cm³/mol. The van der Waals surface area contributed by atoms with Crippen molar-refractivity contribution in [3.63, 3.8) is 0 Å². The summed E-state index contributed by atoms with van der Waals surface area (Å²) >= 11 is 5.84. The standard InChI is InChI=1S/C11H13ClN2O7S.2Na/c1-5-2-6(22(19,20)21)3-7(12)10(5)14-13-8(11(17)18)4-9(15)16;;/h2-3,8,13-14H,4H2,1H3,(H,15,16)(H,17,18)(H,19,20,21);;/q;2*+1/p-2. The Labute approximate surface area is 187 Å². The van der Waals surface area contributed by atoms with E-state index < -0.39 is 39.4 Å². The van der Waals surface area contributed by atoms with E-state index in [2.05, 4.69) is 10.9 Å². The number of nitrogens with one attached hydrogen (secondary N) is 2. The van der Waals surface area contributed by atoms with Gasteiger partial charge >= 0.3 is 59.1 Å². The third-order valence-electron chi connectivity index (χ3n) is 2.59. The maximum Gasteiger partial charge on any atom is 1.00 e. The zero-order valence-corrected chi connectivity index (χ0v) is 18.7. The van der Waals surface area contributed by atoms with Crippen molar-refractivity contribution >= 4 is 39.3 Å². The SMILES string of the molecule is Cc1cc(S(=O)(=O)O)cc(Cl)c1NNC(CC(=O)[O-])C(=O)[O-].[Na+].[Na+]. The molecule has 1 unspecified atom stereocenters. The second kappa shape index (κ2) is 11.0. The van der Waals surface area contributed by atoms with Crippen LogP contribution in [-0.2, 0) is 19.7 Å². The summed E-state index contributed by atoms with van der Waals surface area (Å²) in [5, 5.41) is 21.1. The average Bonchev–Trinajstić information content (AvgIpc) is 2.34. The Bertz CT molecular complexity index is 691. The number of carbonyl (C=O) groups excluding carboxylic acids is 2. The van der Waals surface area contributed by atoms with Crippen molar-refractivity contribution < 1.29 is 91.9 Å². The number of aryl methyl sites for hydroxylation is 1.